The van der Waals surface area contributed by atoms with Crippen molar-refractivity contribution in [2.24, 2.45) is 5.92 Å². The summed E-state index contributed by atoms with van der Waals surface area (Å²) in [5.74, 6) is 1.89. The number of likely N-dealkylation sites (tertiary alicyclic amines) is 1. The lowest BCUT2D eigenvalue weighted by molar-refractivity contribution is -0.116. The van der Waals surface area contributed by atoms with Gasteiger partial charge < -0.3 is 24.4 Å². The highest BCUT2D eigenvalue weighted by Crippen LogP contribution is 2.36. The third kappa shape index (κ3) is 7.47. The van der Waals surface area contributed by atoms with E-state index < -0.39 is 0 Å². The summed E-state index contributed by atoms with van der Waals surface area (Å²) in [6.45, 7) is 2.07. The van der Waals surface area contributed by atoms with Crippen molar-refractivity contribution in [3.8, 4) is 17.2 Å². The Morgan fingerprint density at radius 2 is 1.80 bits per heavy atom. The van der Waals surface area contributed by atoms with Crippen molar-refractivity contribution in [3.05, 3.63) is 53.9 Å². The van der Waals surface area contributed by atoms with Gasteiger partial charge in [0, 0.05) is 50.2 Å². The quantitative estimate of drug-likeness (QED) is 0.386. The maximum atomic E-state index is 13.2. The van der Waals surface area contributed by atoms with Crippen molar-refractivity contribution in [3.63, 3.8) is 0 Å². The second-order valence-corrected chi connectivity index (χ2v) is 8.55. The van der Waals surface area contributed by atoms with E-state index >= 15 is 0 Å². The molecule has 8 nitrogen and oxygen atoms in total. The van der Waals surface area contributed by atoms with Gasteiger partial charge in [-0.1, -0.05) is 18.9 Å². The van der Waals surface area contributed by atoms with Crippen LogP contribution in [0.1, 0.15) is 48.0 Å². The van der Waals surface area contributed by atoms with Gasteiger partial charge in [-0.3, -0.25) is 14.6 Å². The summed E-state index contributed by atoms with van der Waals surface area (Å²) < 4.78 is 16.2. The van der Waals surface area contributed by atoms with Gasteiger partial charge in [0.25, 0.3) is 5.91 Å². The molecule has 1 aromatic carbocycles. The summed E-state index contributed by atoms with van der Waals surface area (Å²) in [6, 6.07) is 7.15. The number of piperidine rings is 1. The number of amides is 2. The normalized spacial score (nSPS) is 14.1. The highest BCUT2D eigenvalue weighted by atomic mass is 16.5. The molecule has 0 radical (unpaired) electrons. The zero-order valence-electron chi connectivity index (χ0n) is 20.8. The number of aromatic nitrogens is 1. The molecular formula is C27H35N3O5. The molecule has 1 N–H and O–H groups in total. The molecule has 1 aliphatic rings. The summed E-state index contributed by atoms with van der Waals surface area (Å²) in [6.07, 6.45) is 11.7. The number of benzene rings is 1. The molecule has 2 aromatic rings. The summed E-state index contributed by atoms with van der Waals surface area (Å²) in [7, 11) is 4.64. The molecule has 0 atom stereocenters. The average Bonchev–Trinajstić information content (AvgIpc) is 2.91. The van der Waals surface area contributed by atoms with E-state index in [-0.39, 0.29) is 11.8 Å². The molecule has 0 spiro atoms. The van der Waals surface area contributed by atoms with Gasteiger partial charge in [0.2, 0.25) is 5.91 Å². The lowest BCUT2D eigenvalue weighted by atomic mass is 9.91. The Kier molecular flexibility index (Phi) is 9.95. The molecule has 3 rings (SSSR count). The highest BCUT2D eigenvalue weighted by molar-refractivity contribution is 6.00. The second kappa shape index (κ2) is 13.4. The van der Waals surface area contributed by atoms with E-state index in [1.54, 1.807) is 37.7 Å². The smallest absolute Gasteiger partial charge is 0.261 e. The van der Waals surface area contributed by atoms with E-state index in [1.165, 1.54) is 20.3 Å². The number of nitrogens with one attached hydrogen (secondary N) is 1. The van der Waals surface area contributed by atoms with E-state index in [0.717, 1.165) is 37.7 Å². The van der Waals surface area contributed by atoms with Gasteiger partial charge >= 0.3 is 0 Å². The van der Waals surface area contributed by atoms with E-state index in [2.05, 4.69) is 10.3 Å². The Morgan fingerprint density at radius 3 is 2.40 bits per heavy atom. The van der Waals surface area contributed by atoms with Gasteiger partial charge in [-0.05, 0) is 42.9 Å². The van der Waals surface area contributed by atoms with Crippen LogP contribution in [0, 0.1) is 5.92 Å². The minimum Gasteiger partial charge on any atom is -0.496 e. The molecule has 35 heavy (non-hydrogen) atoms. The predicted octanol–water partition coefficient (Wildman–Crippen LogP) is 3.96. The third-order valence-electron chi connectivity index (χ3n) is 6.28. The molecule has 1 saturated heterocycles. The van der Waals surface area contributed by atoms with Crippen molar-refractivity contribution < 1.29 is 23.8 Å². The van der Waals surface area contributed by atoms with Crippen LogP contribution in [0.2, 0.25) is 0 Å². The Labute approximate surface area is 207 Å². The number of methoxy groups -OCH3 is 3. The fourth-order valence-electron chi connectivity index (χ4n) is 4.27. The van der Waals surface area contributed by atoms with Crippen LogP contribution >= 0.6 is 0 Å². The number of ether oxygens (including phenoxy) is 3. The lowest BCUT2D eigenvalue weighted by Crippen LogP contribution is -2.38. The van der Waals surface area contributed by atoms with Gasteiger partial charge in [-0.25, -0.2) is 0 Å². The van der Waals surface area contributed by atoms with Crippen molar-refractivity contribution in [2.45, 2.75) is 32.1 Å². The fourth-order valence-corrected chi connectivity index (χ4v) is 4.27. The van der Waals surface area contributed by atoms with Crippen LogP contribution in [0.25, 0.3) is 6.08 Å². The average molecular weight is 482 g/mol. The second-order valence-electron chi connectivity index (χ2n) is 8.55. The molecule has 0 saturated carbocycles. The van der Waals surface area contributed by atoms with Crippen LogP contribution in [0.5, 0.6) is 17.2 Å². The molecule has 0 aliphatic carbocycles. The Bertz CT molecular complexity index is 976. The zero-order valence-corrected chi connectivity index (χ0v) is 20.8. The van der Waals surface area contributed by atoms with Gasteiger partial charge in [0.1, 0.15) is 22.8 Å². The van der Waals surface area contributed by atoms with E-state index in [1.807, 2.05) is 17.0 Å². The highest BCUT2D eigenvalue weighted by Gasteiger charge is 2.28. The zero-order chi connectivity index (χ0) is 25.0. The maximum Gasteiger partial charge on any atom is 0.261 e. The Morgan fingerprint density at radius 1 is 1.09 bits per heavy atom. The first-order chi connectivity index (χ1) is 17.0. The maximum absolute atomic E-state index is 13.2. The predicted molar refractivity (Wildman–Crippen MR) is 135 cm³/mol. The Hall–Kier alpha value is -3.55. The summed E-state index contributed by atoms with van der Waals surface area (Å²) >= 11 is 0. The van der Waals surface area contributed by atoms with Crippen LogP contribution in [-0.2, 0) is 4.79 Å². The first kappa shape index (κ1) is 26.1. The van der Waals surface area contributed by atoms with Crippen molar-refractivity contribution in [2.75, 3.05) is 41.0 Å². The first-order valence-electron chi connectivity index (χ1n) is 12.0. The standard InChI is InChI=1S/C27H35N3O5/c1-33-22-17-23(34-2)26(24(18-22)35-3)27(32)30-15-11-20(12-16-30)7-4-5-14-29-25(31)10-9-21-8-6-13-28-19-21/h6,8-10,13,17-20H,4-5,7,11-12,14-16H2,1-3H3,(H,29,31)/b10-9+. The number of unbranched alkanes of at least 4 members (excludes halogenated alkanes) is 1. The van der Waals surface area contributed by atoms with Crippen LogP contribution in [-0.4, -0.2) is 62.7 Å². The van der Waals surface area contributed by atoms with Crippen LogP contribution in [0.3, 0.4) is 0 Å². The SMILES string of the molecule is COc1cc(OC)c(C(=O)N2CCC(CCCCNC(=O)/C=C/c3cccnc3)CC2)c(OC)c1. The molecule has 1 aliphatic heterocycles. The van der Waals surface area contributed by atoms with Gasteiger partial charge in [0.05, 0.1) is 21.3 Å². The molecule has 2 heterocycles. The molecule has 0 bridgehead atoms. The number of pyridine rings is 1. The molecule has 0 unspecified atom stereocenters. The minimum atomic E-state index is -0.0925. The molecule has 1 fully saturated rings. The summed E-state index contributed by atoms with van der Waals surface area (Å²) in [4.78, 5) is 31.1. The van der Waals surface area contributed by atoms with E-state index in [9.17, 15) is 9.59 Å². The number of carbonyl (C=O) groups excluding carboxylic acids is 2. The van der Waals surface area contributed by atoms with Crippen LogP contribution < -0.4 is 19.5 Å². The third-order valence-corrected chi connectivity index (χ3v) is 6.28. The number of nitrogens with zero attached hydrogens (tertiary/aromatic N) is 2. The van der Waals surface area contributed by atoms with Crippen molar-refractivity contribution in [1.29, 1.82) is 0 Å². The minimum absolute atomic E-state index is 0.0816. The lowest BCUT2D eigenvalue weighted by Gasteiger charge is -2.32. The Balaban J connectivity index is 1.39. The monoisotopic (exact) mass is 481 g/mol. The van der Waals surface area contributed by atoms with E-state index in [0.29, 0.717) is 48.4 Å². The largest absolute Gasteiger partial charge is 0.496 e. The fraction of sp³-hybridized carbons (Fsp3) is 0.444. The van der Waals surface area contributed by atoms with Crippen LogP contribution in [0.4, 0.5) is 0 Å². The number of hydrogen-bond acceptors (Lipinski definition) is 6. The number of hydrogen-bond donors (Lipinski definition) is 1. The van der Waals surface area contributed by atoms with Crippen molar-refractivity contribution in [1.82, 2.24) is 15.2 Å². The summed E-state index contributed by atoms with van der Waals surface area (Å²) in [5.41, 5.74) is 1.33. The summed E-state index contributed by atoms with van der Waals surface area (Å²) in [5, 5.41) is 2.93. The van der Waals surface area contributed by atoms with Crippen molar-refractivity contribution >= 4 is 17.9 Å². The van der Waals surface area contributed by atoms with Gasteiger partial charge in [0.15, 0.2) is 0 Å². The molecule has 8 heteroatoms. The molecule has 2 amide bonds. The van der Waals surface area contributed by atoms with Gasteiger partial charge in [-0.15, -0.1) is 0 Å². The topological polar surface area (TPSA) is 90.0 Å². The first-order valence-corrected chi connectivity index (χ1v) is 12.0. The van der Waals surface area contributed by atoms with Crippen LogP contribution in [0.15, 0.2) is 42.7 Å². The number of rotatable bonds is 11. The van der Waals surface area contributed by atoms with Gasteiger partial charge in [-0.2, -0.15) is 0 Å². The number of carbonyl (C=O) groups is 2. The molecule has 188 valence electrons. The molecule has 1 aromatic heterocycles. The van der Waals surface area contributed by atoms with E-state index in [4.69, 9.17) is 14.2 Å². The molecular weight excluding hydrogens is 446 g/mol.